The van der Waals surface area contributed by atoms with E-state index in [2.05, 4.69) is 9.97 Å². The van der Waals surface area contributed by atoms with E-state index in [4.69, 9.17) is 4.74 Å². The smallest absolute Gasteiger partial charge is 0.463 e. The summed E-state index contributed by atoms with van der Waals surface area (Å²) in [6.07, 6.45) is -3.69. The topological polar surface area (TPSA) is 119 Å². The number of hydrogen-bond acceptors (Lipinski definition) is 6. The molecule has 0 aromatic carbocycles. The van der Waals surface area contributed by atoms with Crippen LogP contribution < -0.4 is 11.2 Å². The number of nitrogens with one attached hydrogen (secondary N) is 1. The third-order valence-corrected chi connectivity index (χ3v) is 4.61. The molecule has 2 heterocycles. The molecule has 0 fully saturated rings. The van der Waals surface area contributed by atoms with Crippen LogP contribution in [0.2, 0.25) is 0 Å². The van der Waals surface area contributed by atoms with Gasteiger partial charge in [-0.15, -0.1) is 0 Å². The number of hydrogen-bond donors (Lipinski definition) is 1. The fraction of sp³-hybridized carbons (Fsp3) is 0.611. The number of H-pyrrole nitrogens is 1. The highest BCUT2D eigenvalue weighted by Gasteiger charge is 2.41. The predicted molar refractivity (Wildman–Crippen MR) is 103 cm³/mol. The Balaban J connectivity index is 2.20. The summed E-state index contributed by atoms with van der Waals surface area (Å²) < 4.78 is 44.8. The number of carbonyl (C=O) groups excluding carboxylic acids is 2. The van der Waals surface area contributed by atoms with Crippen LogP contribution in [0.4, 0.5) is 13.2 Å². The number of alkyl halides is 3. The molecular formula is C18H24F3N5O5. The van der Waals surface area contributed by atoms with Gasteiger partial charge in [-0.2, -0.15) is 13.2 Å². The maximum Gasteiger partial charge on any atom is 0.471 e. The van der Waals surface area contributed by atoms with Gasteiger partial charge in [0.25, 0.3) is 5.56 Å². The van der Waals surface area contributed by atoms with E-state index < -0.39 is 29.9 Å². The zero-order valence-electron chi connectivity index (χ0n) is 17.6. The first-order chi connectivity index (χ1) is 14.3. The van der Waals surface area contributed by atoms with E-state index in [9.17, 15) is 32.3 Å². The number of nitrogens with zero attached hydrogens (tertiary/aromatic N) is 4. The molecule has 13 heteroatoms. The van der Waals surface area contributed by atoms with Gasteiger partial charge in [-0.3, -0.25) is 23.5 Å². The van der Waals surface area contributed by atoms with Crippen molar-refractivity contribution in [1.82, 2.24) is 24.0 Å². The lowest BCUT2D eigenvalue weighted by Crippen LogP contribution is -2.39. The second-order valence-corrected chi connectivity index (χ2v) is 7.26. The Morgan fingerprint density at radius 3 is 2.48 bits per heavy atom. The van der Waals surface area contributed by atoms with Crippen molar-refractivity contribution in [2.24, 2.45) is 7.05 Å². The molecule has 10 nitrogen and oxygen atoms in total. The van der Waals surface area contributed by atoms with E-state index in [0.717, 1.165) is 16.2 Å². The van der Waals surface area contributed by atoms with Gasteiger partial charge in [0, 0.05) is 27.6 Å². The normalized spacial score (nSPS) is 12.7. The SMILES string of the molecule is CC(=O)OC(C)CCCCn1c(=O)c2[nH]c(CN(C)C(=O)C(F)(F)F)nc2n(C)c1=O. The first-order valence-electron chi connectivity index (χ1n) is 9.50. The molecular weight excluding hydrogens is 423 g/mol. The fourth-order valence-electron chi connectivity index (χ4n) is 3.13. The number of unbranched alkanes of at least 4 members (excludes halogenated alkanes) is 1. The van der Waals surface area contributed by atoms with Gasteiger partial charge in [-0.25, -0.2) is 9.78 Å². The van der Waals surface area contributed by atoms with E-state index in [1.165, 1.54) is 14.0 Å². The first kappa shape index (κ1) is 24.2. The lowest BCUT2D eigenvalue weighted by molar-refractivity contribution is -0.184. The lowest BCUT2D eigenvalue weighted by atomic mass is 10.2. The second-order valence-electron chi connectivity index (χ2n) is 7.26. The van der Waals surface area contributed by atoms with Crippen LogP contribution in [0.25, 0.3) is 11.2 Å². The largest absolute Gasteiger partial charge is 0.471 e. The predicted octanol–water partition coefficient (Wildman–Crippen LogP) is 1.07. The molecule has 2 rings (SSSR count). The molecule has 0 saturated carbocycles. The van der Waals surface area contributed by atoms with Gasteiger partial charge in [0.05, 0.1) is 12.6 Å². The molecule has 2 aromatic rings. The molecule has 0 saturated heterocycles. The molecule has 0 spiro atoms. The highest BCUT2D eigenvalue weighted by Crippen LogP contribution is 2.18. The molecule has 0 bridgehead atoms. The molecule has 0 aliphatic heterocycles. The van der Waals surface area contributed by atoms with Crippen molar-refractivity contribution in [2.45, 2.75) is 58.5 Å². The van der Waals surface area contributed by atoms with Crippen LogP contribution in [0.3, 0.4) is 0 Å². The quantitative estimate of drug-likeness (QED) is 0.478. The van der Waals surface area contributed by atoms with Gasteiger partial charge in [0.2, 0.25) is 0 Å². The second kappa shape index (κ2) is 9.35. The van der Waals surface area contributed by atoms with E-state index in [1.54, 1.807) is 6.92 Å². The summed E-state index contributed by atoms with van der Waals surface area (Å²) >= 11 is 0. The third kappa shape index (κ3) is 5.73. The Hall–Kier alpha value is -3.12. The maximum absolute atomic E-state index is 12.7. The average Bonchev–Trinajstić information content (AvgIpc) is 3.07. The van der Waals surface area contributed by atoms with Crippen LogP contribution in [0.15, 0.2) is 9.59 Å². The Kier molecular flexibility index (Phi) is 7.28. The highest BCUT2D eigenvalue weighted by molar-refractivity contribution is 5.81. The van der Waals surface area contributed by atoms with E-state index in [-0.39, 0.29) is 35.6 Å². The molecule has 0 radical (unpaired) electrons. The summed E-state index contributed by atoms with van der Waals surface area (Å²) in [6, 6.07) is 0. The zero-order chi connectivity index (χ0) is 23.5. The summed E-state index contributed by atoms with van der Waals surface area (Å²) in [5.41, 5.74) is -1.34. The minimum absolute atomic E-state index is 0.0161. The minimum Gasteiger partial charge on any atom is -0.463 e. The summed E-state index contributed by atoms with van der Waals surface area (Å²) in [4.78, 5) is 54.5. The highest BCUT2D eigenvalue weighted by atomic mass is 19.4. The number of carbonyl (C=O) groups is 2. The van der Waals surface area contributed by atoms with Crippen molar-refractivity contribution in [2.75, 3.05) is 7.05 Å². The van der Waals surface area contributed by atoms with Crippen LogP contribution in [0.1, 0.15) is 38.9 Å². The van der Waals surface area contributed by atoms with Gasteiger partial charge >= 0.3 is 23.7 Å². The van der Waals surface area contributed by atoms with Crippen molar-refractivity contribution in [3.63, 3.8) is 0 Å². The third-order valence-electron chi connectivity index (χ3n) is 4.61. The van der Waals surface area contributed by atoms with Crippen LogP contribution in [0.5, 0.6) is 0 Å². The number of aromatic amines is 1. The van der Waals surface area contributed by atoms with Crippen LogP contribution >= 0.6 is 0 Å². The molecule has 1 atom stereocenters. The lowest BCUT2D eigenvalue weighted by Gasteiger charge is -2.16. The monoisotopic (exact) mass is 447 g/mol. The maximum atomic E-state index is 12.7. The molecule has 31 heavy (non-hydrogen) atoms. The van der Waals surface area contributed by atoms with Crippen LogP contribution in [0, 0.1) is 0 Å². The zero-order valence-corrected chi connectivity index (χ0v) is 17.6. The van der Waals surface area contributed by atoms with Gasteiger partial charge < -0.3 is 14.6 Å². The van der Waals surface area contributed by atoms with Crippen molar-refractivity contribution in [1.29, 1.82) is 0 Å². The molecule has 0 aliphatic carbocycles. The van der Waals surface area contributed by atoms with Gasteiger partial charge in [0.1, 0.15) is 11.3 Å². The minimum atomic E-state index is -5.03. The molecule has 0 aliphatic rings. The number of fused-ring (bicyclic) bond motifs is 1. The Bertz CT molecular complexity index is 1090. The Morgan fingerprint density at radius 2 is 1.90 bits per heavy atom. The van der Waals surface area contributed by atoms with E-state index >= 15 is 0 Å². The number of halogens is 3. The Morgan fingerprint density at radius 1 is 1.26 bits per heavy atom. The summed E-state index contributed by atoms with van der Waals surface area (Å²) in [5, 5.41) is 0. The standard InChI is InChI=1S/C18H24F3N5O5/c1-10(31-11(2)27)7-5-6-8-26-15(28)13-14(25(4)17(26)30)23-12(22-13)9-24(3)16(29)18(19,20)21/h10H,5-9H2,1-4H3,(H,22,23). The van der Waals surface area contributed by atoms with Gasteiger partial charge in [0.15, 0.2) is 5.65 Å². The van der Waals surface area contributed by atoms with Crippen molar-refractivity contribution in [3.8, 4) is 0 Å². The number of ether oxygens (including phenoxy) is 1. The first-order valence-corrected chi connectivity index (χ1v) is 9.50. The summed E-state index contributed by atoms with van der Waals surface area (Å²) in [7, 11) is 2.34. The molecule has 1 N–H and O–H groups in total. The Labute approximate surface area is 174 Å². The van der Waals surface area contributed by atoms with E-state index in [1.807, 2.05) is 0 Å². The molecule has 1 amide bonds. The van der Waals surface area contributed by atoms with Crippen LogP contribution in [-0.4, -0.2) is 55.2 Å². The molecule has 1 unspecified atom stereocenters. The van der Waals surface area contributed by atoms with E-state index in [0.29, 0.717) is 24.2 Å². The number of esters is 1. The van der Waals surface area contributed by atoms with Gasteiger partial charge in [-0.1, -0.05) is 0 Å². The fourth-order valence-corrected chi connectivity index (χ4v) is 3.13. The number of imidazole rings is 1. The van der Waals surface area contributed by atoms with Crippen molar-refractivity contribution < 1.29 is 27.5 Å². The summed E-state index contributed by atoms with van der Waals surface area (Å²) in [5.74, 6) is -2.50. The molecule has 172 valence electrons. The average molecular weight is 447 g/mol. The number of aryl methyl sites for hydroxylation is 1. The number of rotatable bonds is 8. The van der Waals surface area contributed by atoms with Crippen molar-refractivity contribution in [3.05, 3.63) is 26.7 Å². The number of amides is 1. The summed E-state index contributed by atoms with van der Waals surface area (Å²) in [6.45, 7) is 2.64. The molecule has 2 aromatic heterocycles. The van der Waals surface area contributed by atoms with Gasteiger partial charge in [-0.05, 0) is 26.2 Å². The van der Waals surface area contributed by atoms with Crippen molar-refractivity contribution >= 4 is 23.0 Å². The number of aromatic nitrogens is 4. The van der Waals surface area contributed by atoms with Crippen LogP contribution in [-0.2, 0) is 34.5 Å².